The summed E-state index contributed by atoms with van der Waals surface area (Å²) >= 11 is 1.98. The van der Waals surface area contributed by atoms with Gasteiger partial charge in [-0.2, -0.15) is 0 Å². The van der Waals surface area contributed by atoms with Crippen LogP contribution in [0.2, 0.25) is 0 Å². The molecule has 0 saturated carbocycles. The van der Waals surface area contributed by atoms with E-state index in [9.17, 15) is 14.0 Å². The summed E-state index contributed by atoms with van der Waals surface area (Å²) in [4.78, 5) is 34.7. The molecule has 0 spiro atoms. The lowest BCUT2D eigenvalue weighted by Gasteiger charge is -2.16. The number of aryl methyl sites for hydroxylation is 1. The molecule has 142 valence electrons. The molecule has 0 aliphatic carbocycles. The standard InChI is InChI=1S/C17H16FIN4O4/c1-9-14-13(17(26)23(8-20-14)27-6-5-24)15(22(2)16(9)25)21-12-4-3-10(19)7-11(12)18/h3-4,7-8,21,24H,5-6H2,1-2H3. The number of aromatic nitrogens is 3. The number of nitrogens with one attached hydrogen (secondary N) is 1. The van der Waals surface area contributed by atoms with Crippen molar-refractivity contribution in [2.75, 3.05) is 18.5 Å². The Morgan fingerprint density at radius 3 is 2.74 bits per heavy atom. The van der Waals surface area contributed by atoms with E-state index in [2.05, 4.69) is 10.3 Å². The number of rotatable bonds is 5. The number of pyridine rings is 1. The average Bonchev–Trinajstić information content (AvgIpc) is 2.64. The van der Waals surface area contributed by atoms with Crippen LogP contribution >= 0.6 is 22.6 Å². The number of anilines is 2. The number of benzene rings is 1. The quantitative estimate of drug-likeness (QED) is 0.528. The monoisotopic (exact) mass is 486 g/mol. The minimum atomic E-state index is -0.583. The number of aliphatic hydroxyl groups excluding tert-OH is 1. The summed E-state index contributed by atoms with van der Waals surface area (Å²) in [5, 5.41) is 11.8. The smallest absolute Gasteiger partial charge is 0.297 e. The molecule has 0 aliphatic rings. The van der Waals surface area contributed by atoms with Crippen molar-refractivity contribution in [3.63, 3.8) is 0 Å². The molecule has 0 bridgehead atoms. The van der Waals surface area contributed by atoms with Gasteiger partial charge < -0.3 is 15.3 Å². The van der Waals surface area contributed by atoms with Gasteiger partial charge in [0.25, 0.3) is 11.1 Å². The molecular weight excluding hydrogens is 470 g/mol. The summed E-state index contributed by atoms with van der Waals surface area (Å²) in [6.07, 6.45) is 1.14. The van der Waals surface area contributed by atoms with Crippen molar-refractivity contribution in [2.45, 2.75) is 6.92 Å². The maximum Gasteiger partial charge on any atom is 0.297 e. The molecule has 0 unspecified atom stereocenters. The van der Waals surface area contributed by atoms with Crippen molar-refractivity contribution in [1.29, 1.82) is 0 Å². The zero-order chi connectivity index (χ0) is 19.7. The second-order valence-electron chi connectivity index (χ2n) is 5.74. The van der Waals surface area contributed by atoms with Crippen LogP contribution in [0.4, 0.5) is 15.9 Å². The highest BCUT2D eigenvalue weighted by Gasteiger charge is 2.19. The van der Waals surface area contributed by atoms with Crippen LogP contribution in [0.25, 0.3) is 10.9 Å². The normalized spacial score (nSPS) is 11.0. The van der Waals surface area contributed by atoms with E-state index in [-0.39, 0.29) is 46.7 Å². The van der Waals surface area contributed by atoms with Crippen LogP contribution in [0, 0.1) is 16.3 Å². The third kappa shape index (κ3) is 3.54. The van der Waals surface area contributed by atoms with E-state index in [4.69, 9.17) is 9.94 Å². The van der Waals surface area contributed by atoms with Crippen LogP contribution < -0.4 is 21.3 Å². The summed E-state index contributed by atoms with van der Waals surface area (Å²) in [5.74, 6) is -0.427. The maximum absolute atomic E-state index is 14.3. The van der Waals surface area contributed by atoms with Gasteiger partial charge >= 0.3 is 0 Å². The zero-order valence-corrected chi connectivity index (χ0v) is 16.7. The van der Waals surface area contributed by atoms with E-state index in [1.165, 1.54) is 23.7 Å². The second kappa shape index (κ2) is 7.64. The Morgan fingerprint density at radius 1 is 1.33 bits per heavy atom. The predicted molar refractivity (Wildman–Crippen MR) is 107 cm³/mol. The van der Waals surface area contributed by atoms with Crippen LogP contribution in [0.15, 0.2) is 34.1 Å². The molecular formula is C17H16FIN4O4. The lowest BCUT2D eigenvalue weighted by atomic mass is 10.2. The molecule has 3 rings (SSSR count). The van der Waals surface area contributed by atoms with E-state index in [1.807, 2.05) is 22.6 Å². The highest BCUT2D eigenvalue weighted by molar-refractivity contribution is 14.1. The van der Waals surface area contributed by atoms with E-state index in [0.29, 0.717) is 3.57 Å². The van der Waals surface area contributed by atoms with Crippen molar-refractivity contribution in [3.8, 4) is 0 Å². The fourth-order valence-corrected chi connectivity index (χ4v) is 3.11. The highest BCUT2D eigenvalue weighted by atomic mass is 127. The van der Waals surface area contributed by atoms with Gasteiger partial charge in [-0.25, -0.2) is 9.37 Å². The van der Waals surface area contributed by atoms with Crippen molar-refractivity contribution >= 4 is 45.0 Å². The number of halogens is 2. The van der Waals surface area contributed by atoms with Gasteiger partial charge in [0.15, 0.2) is 0 Å². The van der Waals surface area contributed by atoms with Crippen LogP contribution in [0.5, 0.6) is 0 Å². The lowest BCUT2D eigenvalue weighted by molar-refractivity contribution is 0.0683. The van der Waals surface area contributed by atoms with Gasteiger partial charge in [-0.05, 0) is 47.7 Å². The molecule has 2 heterocycles. The number of nitrogens with zero attached hydrogens (tertiary/aromatic N) is 3. The summed E-state index contributed by atoms with van der Waals surface area (Å²) in [6, 6.07) is 4.55. The van der Waals surface area contributed by atoms with Gasteiger partial charge in [0.1, 0.15) is 30.0 Å². The van der Waals surface area contributed by atoms with Crippen molar-refractivity contribution in [3.05, 3.63) is 60.2 Å². The molecule has 2 N–H and O–H groups in total. The molecule has 0 atom stereocenters. The Balaban J connectivity index is 2.29. The first-order valence-electron chi connectivity index (χ1n) is 7.92. The summed E-state index contributed by atoms with van der Waals surface area (Å²) in [5.41, 5.74) is -0.355. The van der Waals surface area contributed by atoms with Crippen LogP contribution in [-0.4, -0.2) is 32.6 Å². The molecule has 0 saturated heterocycles. The van der Waals surface area contributed by atoms with Gasteiger partial charge in [0.05, 0.1) is 17.8 Å². The van der Waals surface area contributed by atoms with Crippen molar-refractivity contribution < 1.29 is 14.3 Å². The molecule has 2 aromatic heterocycles. The summed E-state index contributed by atoms with van der Waals surface area (Å²) in [7, 11) is 1.48. The van der Waals surface area contributed by atoms with Crippen molar-refractivity contribution in [2.24, 2.45) is 7.05 Å². The molecule has 0 fully saturated rings. The lowest BCUT2D eigenvalue weighted by Crippen LogP contribution is -2.32. The van der Waals surface area contributed by atoms with E-state index in [0.717, 1.165) is 11.1 Å². The topological polar surface area (TPSA) is 98.4 Å². The second-order valence-corrected chi connectivity index (χ2v) is 6.99. The minimum absolute atomic E-state index is 0.0768. The van der Waals surface area contributed by atoms with E-state index < -0.39 is 11.4 Å². The fraction of sp³-hybridized carbons (Fsp3) is 0.235. The first-order valence-corrected chi connectivity index (χ1v) is 9.00. The van der Waals surface area contributed by atoms with Gasteiger partial charge in [-0.1, -0.05) is 0 Å². The van der Waals surface area contributed by atoms with Gasteiger partial charge in [-0.3, -0.25) is 14.2 Å². The maximum atomic E-state index is 14.3. The predicted octanol–water partition coefficient (Wildman–Crippen LogP) is 1.31. The average molecular weight is 486 g/mol. The number of fused-ring (bicyclic) bond motifs is 1. The van der Waals surface area contributed by atoms with E-state index in [1.54, 1.807) is 13.0 Å². The van der Waals surface area contributed by atoms with Crippen LogP contribution in [0.3, 0.4) is 0 Å². The summed E-state index contributed by atoms with van der Waals surface area (Å²) < 4.78 is 17.1. The highest BCUT2D eigenvalue weighted by Crippen LogP contribution is 2.25. The molecule has 0 amide bonds. The Bertz CT molecular complexity index is 1140. The largest absolute Gasteiger partial charge is 0.407 e. The van der Waals surface area contributed by atoms with Crippen LogP contribution in [0.1, 0.15) is 5.56 Å². The summed E-state index contributed by atoms with van der Waals surface area (Å²) in [6.45, 7) is 1.17. The SMILES string of the molecule is Cc1c(=O)n(C)c(Nc2ccc(I)cc2F)c2c(=O)n(OCCO)cnc12. The van der Waals surface area contributed by atoms with Crippen molar-refractivity contribution in [1.82, 2.24) is 14.3 Å². The van der Waals surface area contributed by atoms with Gasteiger partial charge in [0, 0.05) is 16.2 Å². The third-order valence-corrected chi connectivity index (χ3v) is 4.67. The minimum Gasteiger partial charge on any atom is -0.407 e. The first kappa shape index (κ1) is 19.3. The van der Waals surface area contributed by atoms with Gasteiger partial charge in [-0.15, -0.1) is 4.73 Å². The zero-order valence-electron chi connectivity index (χ0n) is 14.5. The molecule has 1 aromatic carbocycles. The molecule has 0 radical (unpaired) electrons. The van der Waals surface area contributed by atoms with E-state index >= 15 is 0 Å². The molecule has 8 nitrogen and oxygen atoms in total. The fourth-order valence-electron chi connectivity index (χ4n) is 2.65. The number of hydrogen-bond acceptors (Lipinski definition) is 6. The number of hydrogen-bond donors (Lipinski definition) is 2. The molecule has 10 heteroatoms. The van der Waals surface area contributed by atoms with Crippen LogP contribution in [-0.2, 0) is 7.05 Å². The first-order chi connectivity index (χ1) is 12.8. The van der Waals surface area contributed by atoms with Gasteiger partial charge in [0.2, 0.25) is 0 Å². The Morgan fingerprint density at radius 2 is 2.07 bits per heavy atom. The Labute approximate surface area is 166 Å². The third-order valence-electron chi connectivity index (χ3n) is 4.00. The Hall–Kier alpha value is -2.47. The number of aliphatic hydroxyl groups is 1. The molecule has 27 heavy (non-hydrogen) atoms. The Kier molecular flexibility index (Phi) is 5.46. The molecule has 3 aromatic rings. The molecule has 0 aliphatic heterocycles.